The molecule has 1 aliphatic heterocycles. The van der Waals surface area contributed by atoms with Crippen LogP contribution >= 0.6 is 23.4 Å². The van der Waals surface area contributed by atoms with Crippen LogP contribution in [-0.4, -0.2) is 45.7 Å². The summed E-state index contributed by atoms with van der Waals surface area (Å²) in [6, 6.07) is 15.2. The Hall–Kier alpha value is -2.55. The molecule has 2 atom stereocenters. The Bertz CT molecular complexity index is 1070. The highest BCUT2D eigenvalue weighted by molar-refractivity contribution is 8.00. The number of hydrogen-bond donors (Lipinski definition) is 1. The van der Waals surface area contributed by atoms with Crippen molar-refractivity contribution < 1.29 is 14.3 Å². The van der Waals surface area contributed by atoms with Crippen molar-refractivity contribution in [1.29, 1.82) is 0 Å². The standard InChI is InChI=1S/C24H27ClN4O3S/c1-16(23(30)26-14-17-5-11-20(31-2)12-6-17)33-24-28-27-22(18-7-9-19(25)10-8-18)29(24)15-21-4-3-13-32-21/h5-12,16,21H,3-4,13-15H2,1-2H3,(H,26,30)/t16-,21+/m1/s1. The third-order valence-corrected chi connectivity index (χ3v) is 6.84. The van der Waals surface area contributed by atoms with Crippen LogP contribution in [0.15, 0.2) is 53.7 Å². The summed E-state index contributed by atoms with van der Waals surface area (Å²) in [5.41, 5.74) is 1.93. The topological polar surface area (TPSA) is 78.3 Å². The van der Waals surface area contributed by atoms with E-state index in [1.807, 2.05) is 55.5 Å². The van der Waals surface area contributed by atoms with E-state index in [0.29, 0.717) is 23.3 Å². The van der Waals surface area contributed by atoms with E-state index in [2.05, 4.69) is 20.1 Å². The zero-order valence-electron chi connectivity index (χ0n) is 18.7. The quantitative estimate of drug-likeness (QED) is 0.446. The van der Waals surface area contributed by atoms with Gasteiger partial charge in [-0.1, -0.05) is 35.5 Å². The van der Waals surface area contributed by atoms with Gasteiger partial charge in [-0.3, -0.25) is 9.36 Å². The smallest absolute Gasteiger partial charge is 0.233 e. The van der Waals surface area contributed by atoms with Gasteiger partial charge >= 0.3 is 0 Å². The number of carbonyl (C=O) groups excluding carboxylic acids is 1. The highest BCUT2D eigenvalue weighted by Crippen LogP contribution is 2.29. The zero-order valence-corrected chi connectivity index (χ0v) is 20.2. The summed E-state index contributed by atoms with van der Waals surface area (Å²) in [6.07, 6.45) is 2.17. The van der Waals surface area contributed by atoms with E-state index < -0.39 is 0 Å². The summed E-state index contributed by atoms with van der Waals surface area (Å²) >= 11 is 7.45. The summed E-state index contributed by atoms with van der Waals surface area (Å²) in [6.45, 7) is 3.75. The minimum absolute atomic E-state index is 0.0597. The maximum atomic E-state index is 12.8. The van der Waals surface area contributed by atoms with Crippen molar-refractivity contribution in [2.45, 2.75) is 49.4 Å². The molecule has 0 saturated carbocycles. The molecule has 2 aromatic carbocycles. The largest absolute Gasteiger partial charge is 0.497 e. The van der Waals surface area contributed by atoms with Crippen LogP contribution in [0.4, 0.5) is 0 Å². The van der Waals surface area contributed by atoms with Crippen LogP contribution in [0.3, 0.4) is 0 Å². The molecule has 1 aliphatic rings. The van der Waals surface area contributed by atoms with Gasteiger partial charge in [0.25, 0.3) is 0 Å². The van der Waals surface area contributed by atoms with E-state index >= 15 is 0 Å². The average Bonchev–Trinajstić information content (AvgIpc) is 3.49. The Morgan fingerprint density at radius 1 is 1.24 bits per heavy atom. The third-order valence-electron chi connectivity index (χ3n) is 5.51. The molecule has 174 valence electrons. The molecular weight excluding hydrogens is 460 g/mol. The number of benzene rings is 2. The summed E-state index contributed by atoms with van der Waals surface area (Å²) in [5.74, 6) is 1.47. The average molecular weight is 487 g/mol. The van der Waals surface area contributed by atoms with Gasteiger partial charge in [0.2, 0.25) is 5.91 Å². The van der Waals surface area contributed by atoms with Gasteiger partial charge in [-0.2, -0.15) is 0 Å². The first-order valence-corrected chi connectivity index (χ1v) is 12.2. The predicted molar refractivity (Wildman–Crippen MR) is 130 cm³/mol. The van der Waals surface area contributed by atoms with Gasteiger partial charge in [0, 0.05) is 23.7 Å². The van der Waals surface area contributed by atoms with Crippen molar-refractivity contribution in [3.63, 3.8) is 0 Å². The van der Waals surface area contributed by atoms with E-state index in [9.17, 15) is 4.79 Å². The lowest BCUT2D eigenvalue weighted by Crippen LogP contribution is -2.30. The lowest BCUT2D eigenvalue weighted by molar-refractivity contribution is -0.120. The van der Waals surface area contributed by atoms with Crippen LogP contribution in [0.5, 0.6) is 5.75 Å². The van der Waals surface area contributed by atoms with Gasteiger partial charge in [-0.15, -0.1) is 10.2 Å². The molecule has 2 heterocycles. The number of halogens is 1. The second kappa shape index (κ2) is 11.0. The van der Waals surface area contributed by atoms with Gasteiger partial charge < -0.3 is 14.8 Å². The van der Waals surface area contributed by atoms with Gasteiger partial charge in [-0.05, 0) is 61.7 Å². The van der Waals surface area contributed by atoms with Crippen LogP contribution in [0.1, 0.15) is 25.3 Å². The number of nitrogens with one attached hydrogen (secondary N) is 1. The normalized spacial score (nSPS) is 16.5. The number of ether oxygens (including phenoxy) is 2. The lowest BCUT2D eigenvalue weighted by Gasteiger charge is -2.16. The van der Waals surface area contributed by atoms with Crippen molar-refractivity contribution in [3.05, 3.63) is 59.1 Å². The van der Waals surface area contributed by atoms with Crippen molar-refractivity contribution in [3.8, 4) is 17.1 Å². The molecule has 0 unspecified atom stereocenters. The number of amides is 1. The first-order valence-electron chi connectivity index (χ1n) is 10.9. The SMILES string of the molecule is COc1ccc(CNC(=O)[C@@H](C)Sc2nnc(-c3ccc(Cl)cc3)n2C[C@@H]2CCCO2)cc1. The zero-order chi connectivity index (χ0) is 23.2. The maximum Gasteiger partial charge on any atom is 0.233 e. The fourth-order valence-corrected chi connectivity index (χ4v) is 4.64. The molecule has 4 rings (SSSR count). The molecule has 1 amide bonds. The molecule has 1 fully saturated rings. The summed E-state index contributed by atoms with van der Waals surface area (Å²) in [4.78, 5) is 12.8. The number of hydrogen-bond acceptors (Lipinski definition) is 6. The Morgan fingerprint density at radius 3 is 2.67 bits per heavy atom. The van der Waals surface area contributed by atoms with Gasteiger partial charge in [0.1, 0.15) is 5.75 Å². The van der Waals surface area contributed by atoms with Crippen LogP contribution in [-0.2, 0) is 22.6 Å². The second-order valence-electron chi connectivity index (χ2n) is 7.88. The Labute approximate surface area is 202 Å². The molecule has 9 heteroatoms. The van der Waals surface area contributed by atoms with Crippen molar-refractivity contribution in [2.24, 2.45) is 0 Å². The van der Waals surface area contributed by atoms with E-state index in [4.69, 9.17) is 21.1 Å². The molecule has 0 aliphatic carbocycles. The highest BCUT2D eigenvalue weighted by atomic mass is 35.5. The number of aromatic nitrogens is 3. The van der Waals surface area contributed by atoms with E-state index in [-0.39, 0.29) is 17.3 Å². The maximum absolute atomic E-state index is 12.8. The van der Waals surface area contributed by atoms with Crippen molar-refractivity contribution in [1.82, 2.24) is 20.1 Å². The molecule has 1 saturated heterocycles. The van der Waals surface area contributed by atoms with E-state index in [1.54, 1.807) is 7.11 Å². The third kappa shape index (κ3) is 6.07. The molecule has 1 N–H and O–H groups in total. The van der Waals surface area contributed by atoms with E-state index in [1.165, 1.54) is 11.8 Å². The molecule has 3 aromatic rings. The van der Waals surface area contributed by atoms with Gasteiger partial charge in [0.05, 0.1) is 25.0 Å². The van der Waals surface area contributed by atoms with Crippen molar-refractivity contribution in [2.75, 3.05) is 13.7 Å². The fourth-order valence-electron chi connectivity index (χ4n) is 3.63. The van der Waals surface area contributed by atoms with Crippen LogP contribution in [0.25, 0.3) is 11.4 Å². The summed E-state index contributed by atoms with van der Waals surface area (Å²) in [7, 11) is 1.63. The molecule has 0 bridgehead atoms. The van der Waals surface area contributed by atoms with Crippen LogP contribution in [0.2, 0.25) is 5.02 Å². The van der Waals surface area contributed by atoms with E-state index in [0.717, 1.165) is 42.1 Å². The van der Waals surface area contributed by atoms with Gasteiger partial charge in [-0.25, -0.2) is 0 Å². The molecule has 0 radical (unpaired) electrons. The van der Waals surface area contributed by atoms with Crippen LogP contribution < -0.4 is 10.1 Å². The minimum atomic E-state index is -0.339. The Morgan fingerprint density at radius 2 is 2.00 bits per heavy atom. The monoisotopic (exact) mass is 486 g/mol. The predicted octanol–water partition coefficient (Wildman–Crippen LogP) is 4.58. The Kier molecular flexibility index (Phi) is 7.90. The number of rotatable bonds is 9. The molecule has 7 nitrogen and oxygen atoms in total. The molecule has 1 aromatic heterocycles. The summed E-state index contributed by atoms with van der Waals surface area (Å²) in [5, 5.41) is 12.9. The van der Waals surface area contributed by atoms with Crippen LogP contribution in [0, 0.1) is 0 Å². The second-order valence-corrected chi connectivity index (χ2v) is 9.63. The first-order chi connectivity index (χ1) is 16.0. The number of nitrogens with zero attached hydrogens (tertiary/aromatic N) is 3. The number of methoxy groups -OCH3 is 1. The molecule has 0 spiro atoms. The fraction of sp³-hybridized carbons (Fsp3) is 0.375. The minimum Gasteiger partial charge on any atom is -0.497 e. The lowest BCUT2D eigenvalue weighted by atomic mass is 10.2. The van der Waals surface area contributed by atoms with Crippen molar-refractivity contribution >= 4 is 29.3 Å². The highest BCUT2D eigenvalue weighted by Gasteiger charge is 2.24. The Balaban J connectivity index is 1.46. The molecular formula is C24H27ClN4O3S. The number of carbonyl (C=O) groups is 1. The number of thioether (sulfide) groups is 1. The first kappa shape index (κ1) is 23.6. The van der Waals surface area contributed by atoms with Gasteiger partial charge in [0.15, 0.2) is 11.0 Å². The molecule has 33 heavy (non-hydrogen) atoms. The summed E-state index contributed by atoms with van der Waals surface area (Å²) < 4.78 is 13.1.